The molecule has 3 nitrogen and oxygen atoms in total. The summed E-state index contributed by atoms with van der Waals surface area (Å²) >= 11 is 1.77. The molecule has 1 heterocycles. The SMILES string of the molecule is O=C(N1c2ccccc2Sc2ccccc21)N(C1CCCCC1)C1CCCCC1. The molecule has 0 radical (unpaired) electrons. The number of hydrogen-bond donors (Lipinski definition) is 0. The summed E-state index contributed by atoms with van der Waals surface area (Å²) in [5.41, 5.74) is 2.08. The Kier molecular flexibility index (Phi) is 5.54. The number of carbonyl (C=O) groups excluding carboxylic acids is 1. The number of nitrogens with zero attached hydrogens (tertiary/aromatic N) is 2. The third-order valence-electron chi connectivity index (χ3n) is 6.78. The van der Waals surface area contributed by atoms with E-state index in [1.165, 1.54) is 48.3 Å². The highest BCUT2D eigenvalue weighted by atomic mass is 32.2. The van der Waals surface area contributed by atoms with Crippen molar-refractivity contribution in [3.05, 3.63) is 48.5 Å². The van der Waals surface area contributed by atoms with Crippen molar-refractivity contribution < 1.29 is 4.79 Å². The van der Waals surface area contributed by atoms with E-state index in [9.17, 15) is 4.79 Å². The van der Waals surface area contributed by atoms with Crippen LogP contribution in [-0.2, 0) is 0 Å². The summed E-state index contributed by atoms with van der Waals surface area (Å²) in [6, 6.07) is 17.7. The molecule has 2 amide bonds. The molecule has 2 aliphatic carbocycles. The largest absolute Gasteiger partial charge is 0.329 e. The van der Waals surface area contributed by atoms with Gasteiger partial charge in [-0.05, 0) is 49.9 Å². The Morgan fingerprint density at radius 2 is 1.17 bits per heavy atom. The predicted octanol–water partition coefficient (Wildman–Crippen LogP) is 7.38. The number of benzene rings is 2. The van der Waals surface area contributed by atoms with Gasteiger partial charge >= 0.3 is 6.03 Å². The summed E-state index contributed by atoms with van der Waals surface area (Å²) in [6.45, 7) is 0. The Bertz CT molecular complexity index is 807. The van der Waals surface area contributed by atoms with E-state index in [-0.39, 0.29) is 6.03 Å². The van der Waals surface area contributed by atoms with E-state index in [0.717, 1.165) is 37.1 Å². The monoisotopic (exact) mass is 406 g/mol. The summed E-state index contributed by atoms with van der Waals surface area (Å²) in [6.07, 6.45) is 12.3. The highest BCUT2D eigenvalue weighted by Crippen LogP contribution is 2.49. The maximum atomic E-state index is 14.3. The van der Waals surface area contributed by atoms with E-state index < -0.39 is 0 Å². The van der Waals surface area contributed by atoms with E-state index in [4.69, 9.17) is 0 Å². The molecular formula is C25H30N2OS. The van der Waals surface area contributed by atoms with Gasteiger partial charge < -0.3 is 4.90 Å². The first-order valence-corrected chi connectivity index (χ1v) is 12.1. The van der Waals surface area contributed by atoms with Crippen LogP contribution in [0.25, 0.3) is 0 Å². The minimum atomic E-state index is 0.198. The smallest absolute Gasteiger partial charge is 0.318 e. The van der Waals surface area contributed by atoms with E-state index in [0.29, 0.717) is 12.1 Å². The van der Waals surface area contributed by atoms with Crippen molar-refractivity contribution in [1.82, 2.24) is 4.90 Å². The summed E-state index contributed by atoms with van der Waals surface area (Å²) < 4.78 is 0. The number of fused-ring (bicyclic) bond motifs is 2. The molecular weight excluding hydrogens is 376 g/mol. The third-order valence-corrected chi connectivity index (χ3v) is 7.91. The normalized spacial score (nSPS) is 20.1. The molecule has 2 saturated carbocycles. The molecule has 0 N–H and O–H groups in total. The first-order valence-electron chi connectivity index (χ1n) is 11.3. The Balaban J connectivity index is 1.56. The lowest BCUT2D eigenvalue weighted by Gasteiger charge is -2.45. The number of urea groups is 1. The molecule has 0 unspecified atom stereocenters. The average molecular weight is 407 g/mol. The lowest BCUT2D eigenvalue weighted by Crippen LogP contribution is -2.53. The van der Waals surface area contributed by atoms with Crippen LogP contribution >= 0.6 is 11.8 Å². The van der Waals surface area contributed by atoms with E-state index >= 15 is 0 Å². The average Bonchev–Trinajstić information content (AvgIpc) is 2.79. The zero-order chi connectivity index (χ0) is 19.6. The van der Waals surface area contributed by atoms with Crippen molar-refractivity contribution in [1.29, 1.82) is 0 Å². The second-order valence-electron chi connectivity index (χ2n) is 8.65. The molecule has 0 atom stereocenters. The van der Waals surface area contributed by atoms with Gasteiger partial charge in [0.2, 0.25) is 0 Å². The lowest BCUT2D eigenvalue weighted by molar-refractivity contribution is 0.111. The molecule has 0 bridgehead atoms. The van der Waals surface area contributed by atoms with Gasteiger partial charge in [0.15, 0.2) is 0 Å². The Morgan fingerprint density at radius 1 is 0.724 bits per heavy atom. The van der Waals surface area contributed by atoms with Gasteiger partial charge in [-0.25, -0.2) is 4.79 Å². The van der Waals surface area contributed by atoms with Crippen LogP contribution < -0.4 is 4.90 Å². The Labute approximate surface area is 178 Å². The first-order chi connectivity index (χ1) is 14.3. The minimum absolute atomic E-state index is 0.198. The molecule has 0 aromatic heterocycles. The minimum Gasteiger partial charge on any atom is -0.318 e. The number of rotatable bonds is 2. The Hall–Kier alpha value is -1.94. The van der Waals surface area contributed by atoms with Gasteiger partial charge in [0.25, 0.3) is 0 Å². The maximum Gasteiger partial charge on any atom is 0.329 e. The number of amides is 2. The van der Waals surface area contributed by atoms with Gasteiger partial charge in [-0.2, -0.15) is 0 Å². The summed E-state index contributed by atoms with van der Waals surface area (Å²) in [5, 5.41) is 0. The Morgan fingerprint density at radius 3 is 1.66 bits per heavy atom. The number of para-hydroxylation sites is 2. The standard InChI is InChI=1S/C25H30N2OS/c28-25(26(19-11-3-1-4-12-19)20-13-5-2-6-14-20)27-21-15-7-9-17-23(21)29-24-18-10-8-16-22(24)27/h7-10,15-20H,1-6,11-14H2. The van der Waals surface area contributed by atoms with Crippen molar-refractivity contribution in [2.45, 2.75) is 86.1 Å². The maximum absolute atomic E-state index is 14.3. The van der Waals surface area contributed by atoms with Gasteiger partial charge in [0.1, 0.15) is 0 Å². The second kappa shape index (κ2) is 8.43. The van der Waals surface area contributed by atoms with Crippen LogP contribution in [0.3, 0.4) is 0 Å². The van der Waals surface area contributed by atoms with Gasteiger partial charge in [-0.15, -0.1) is 0 Å². The number of carbonyl (C=O) groups is 1. The van der Waals surface area contributed by atoms with Crippen LogP contribution in [0.5, 0.6) is 0 Å². The zero-order valence-corrected chi connectivity index (χ0v) is 17.9. The molecule has 3 aliphatic rings. The van der Waals surface area contributed by atoms with Crippen LogP contribution in [0.2, 0.25) is 0 Å². The predicted molar refractivity (Wildman–Crippen MR) is 120 cm³/mol. The van der Waals surface area contributed by atoms with Crippen LogP contribution in [0.1, 0.15) is 64.2 Å². The molecule has 4 heteroatoms. The van der Waals surface area contributed by atoms with Crippen LogP contribution in [-0.4, -0.2) is 23.0 Å². The van der Waals surface area contributed by atoms with E-state index in [1.54, 1.807) is 11.8 Å². The quantitative estimate of drug-likeness (QED) is 0.519. The molecule has 2 aromatic carbocycles. The molecule has 0 saturated heterocycles. The molecule has 29 heavy (non-hydrogen) atoms. The third kappa shape index (κ3) is 3.68. The van der Waals surface area contributed by atoms with Crippen LogP contribution in [0.4, 0.5) is 16.2 Å². The topological polar surface area (TPSA) is 23.6 Å². The van der Waals surface area contributed by atoms with Gasteiger partial charge in [-0.3, -0.25) is 4.90 Å². The van der Waals surface area contributed by atoms with Crippen molar-refractivity contribution in [2.75, 3.05) is 4.90 Å². The fraction of sp³-hybridized carbons (Fsp3) is 0.480. The first kappa shape index (κ1) is 19.0. The van der Waals surface area contributed by atoms with Crippen molar-refractivity contribution in [2.24, 2.45) is 0 Å². The summed E-state index contributed by atoms with van der Waals surface area (Å²) in [5.74, 6) is 0. The number of anilines is 2. The fourth-order valence-electron chi connectivity index (χ4n) is 5.36. The molecule has 2 aromatic rings. The summed E-state index contributed by atoms with van der Waals surface area (Å²) in [7, 11) is 0. The molecule has 0 spiro atoms. The molecule has 2 fully saturated rings. The fourth-order valence-corrected chi connectivity index (χ4v) is 6.41. The highest BCUT2D eigenvalue weighted by Gasteiger charge is 2.38. The lowest BCUT2D eigenvalue weighted by atomic mass is 9.89. The second-order valence-corrected chi connectivity index (χ2v) is 9.73. The zero-order valence-electron chi connectivity index (χ0n) is 17.1. The van der Waals surface area contributed by atoms with Crippen LogP contribution in [0, 0.1) is 0 Å². The summed E-state index contributed by atoms with van der Waals surface area (Å²) in [4.78, 5) is 21.0. The highest BCUT2D eigenvalue weighted by molar-refractivity contribution is 7.99. The molecule has 152 valence electrons. The van der Waals surface area contributed by atoms with Gasteiger partial charge in [0, 0.05) is 21.9 Å². The van der Waals surface area contributed by atoms with Gasteiger partial charge in [0.05, 0.1) is 11.4 Å². The van der Waals surface area contributed by atoms with E-state index in [1.807, 2.05) is 4.90 Å². The van der Waals surface area contributed by atoms with Crippen molar-refractivity contribution >= 4 is 29.2 Å². The molecule has 5 rings (SSSR count). The van der Waals surface area contributed by atoms with Crippen molar-refractivity contribution in [3.8, 4) is 0 Å². The van der Waals surface area contributed by atoms with Crippen LogP contribution in [0.15, 0.2) is 58.3 Å². The number of hydrogen-bond acceptors (Lipinski definition) is 2. The molecule has 1 aliphatic heterocycles. The van der Waals surface area contributed by atoms with Crippen molar-refractivity contribution in [3.63, 3.8) is 0 Å². The van der Waals surface area contributed by atoms with E-state index in [2.05, 4.69) is 53.4 Å². The van der Waals surface area contributed by atoms with Gasteiger partial charge in [-0.1, -0.05) is 74.6 Å².